The van der Waals surface area contributed by atoms with E-state index in [-0.39, 0.29) is 30.3 Å². The monoisotopic (exact) mass is 670 g/mol. The molecule has 10 nitrogen and oxygen atoms in total. The van der Waals surface area contributed by atoms with Crippen molar-refractivity contribution in [1.29, 1.82) is 0 Å². The molecule has 2 atom stereocenters. The molecule has 2 aromatic heterocycles. The number of fused-ring (bicyclic) bond motifs is 4. The summed E-state index contributed by atoms with van der Waals surface area (Å²) in [7, 11) is 0. The average molecular weight is 671 g/mol. The van der Waals surface area contributed by atoms with Gasteiger partial charge in [0.05, 0.1) is 24.8 Å². The van der Waals surface area contributed by atoms with E-state index in [1.807, 2.05) is 54.0 Å². The Kier molecular flexibility index (Phi) is 8.46. The normalized spacial score (nSPS) is 20.3. The van der Waals surface area contributed by atoms with E-state index in [4.69, 9.17) is 21.3 Å². The van der Waals surface area contributed by atoms with Crippen molar-refractivity contribution in [2.75, 3.05) is 6.61 Å². The Morgan fingerprint density at radius 2 is 1.87 bits per heavy atom. The molecule has 2 aliphatic heterocycles. The molecule has 7 rings (SSSR count). The van der Waals surface area contributed by atoms with Crippen LogP contribution in [0.3, 0.4) is 0 Å². The lowest BCUT2D eigenvalue weighted by Crippen LogP contribution is -2.53. The summed E-state index contributed by atoms with van der Waals surface area (Å²) < 4.78 is 7.60. The van der Waals surface area contributed by atoms with Crippen molar-refractivity contribution in [3.05, 3.63) is 104 Å². The lowest BCUT2D eigenvalue weighted by molar-refractivity contribution is -0.123. The molecule has 4 aromatic rings. The van der Waals surface area contributed by atoms with Gasteiger partial charge in [-0.2, -0.15) is 0 Å². The van der Waals surface area contributed by atoms with Crippen LogP contribution in [0.2, 0.25) is 5.02 Å². The van der Waals surface area contributed by atoms with Crippen molar-refractivity contribution >= 4 is 40.5 Å². The zero-order chi connectivity index (χ0) is 32.8. The van der Waals surface area contributed by atoms with Gasteiger partial charge in [0.1, 0.15) is 22.6 Å². The Morgan fingerprint density at radius 1 is 1.11 bits per heavy atom. The molecule has 2 amide bonds. The van der Waals surface area contributed by atoms with Gasteiger partial charge in [0.15, 0.2) is 5.82 Å². The minimum Gasteiger partial charge on any atom is -0.493 e. The second-order valence-corrected chi connectivity index (χ2v) is 14.0. The summed E-state index contributed by atoms with van der Waals surface area (Å²) >= 11 is 7.88. The molecule has 0 saturated heterocycles. The van der Waals surface area contributed by atoms with Gasteiger partial charge in [0.2, 0.25) is 11.8 Å². The number of aryl methyl sites for hydroxylation is 2. The molecule has 47 heavy (non-hydrogen) atoms. The smallest absolute Gasteiger partial charge is 0.243 e. The summed E-state index contributed by atoms with van der Waals surface area (Å²) in [5.41, 5.74) is 5.66. The highest BCUT2D eigenvalue weighted by atomic mass is 35.5. The van der Waals surface area contributed by atoms with Crippen molar-refractivity contribution < 1.29 is 19.4 Å². The first-order chi connectivity index (χ1) is 22.6. The molecular formula is C35H35ClN6O4S. The van der Waals surface area contributed by atoms with Crippen molar-refractivity contribution in [3.8, 4) is 10.8 Å². The van der Waals surface area contributed by atoms with Gasteiger partial charge < -0.3 is 20.5 Å². The van der Waals surface area contributed by atoms with Gasteiger partial charge in [-0.3, -0.25) is 19.1 Å². The van der Waals surface area contributed by atoms with E-state index < -0.39 is 12.1 Å². The predicted molar refractivity (Wildman–Crippen MR) is 181 cm³/mol. The second-order valence-electron chi connectivity index (χ2n) is 12.3. The van der Waals surface area contributed by atoms with E-state index >= 15 is 0 Å². The quantitative estimate of drug-likeness (QED) is 0.222. The summed E-state index contributed by atoms with van der Waals surface area (Å²) in [5, 5.41) is 27.1. The fraction of sp³-hybridized carbons (Fsp3) is 0.343. The summed E-state index contributed by atoms with van der Waals surface area (Å²) in [6.45, 7) is 6.75. The zero-order valence-corrected chi connectivity index (χ0v) is 27.9. The lowest BCUT2D eigenvalue weighted by Gasteiger charge is -2.36. The first kappa shape index (κ1) is 31.3. The summed E-state index contributed by atoms with van der Waals surface area (Å²) in [6, 6.07) is 12.5. The predicted octanol–water partition coefficient (Wildman–Crippen LogP) is 5.18. The third-order valence-electron chi connectivity index (χ3n) is 9.08. The molecule has 1 aliphatic carbocycles. The number of thiophene rings is 1. The van der Waals surface area contributed by atoms with E-state index in [0.29, 0.717) is 35.9 Å². The minimum atomic E-state index is -0.913. The summed E-state index contributed by atoms with van der Waals surface area (Å²) in [6.07, 6.45) is 4.11. The number of halogens is 1. The van der Waals surface area contributed by atoms with Crippen LogP contribution in [0.4, 0.5) is 0 Å². The minimum absolute atomic E-state index is 0.0644. The maximum atomic E-state index is 13.4. The Morgan fingerprint density at radius 3 is 2.66 bits per heavy atom. The molecule has 2 aromatic carbocycles. The van der Waals surface area contributed by atoms with Crippen molar-refractivity contribution in [2.24, 2.45) is 4.99 Å². The van der Waals surface area contributed by atoms with Crippen LogP contribution >= 0.6 is 22.9 Å². The second kappa shape index (κ2) is 12.7. The molecule has 3 aliphatic rings. The average Bonchev–Trinajstić information content (AvgIpc) is 3.71. The molecule has 1 unspecified atom stereocenters. The number of rotatable bonds is 8. The number of aliphatic hydroxyl groups excluding tert-OH is 1. The van der Waals surface area contributed by atoms with E-state index in [2.05, 4.69) is 34.7 Å². The van der Waals surface area contributed by atoms with Crippen molar-refractivity contribution in [3.63, 3.8) is 0 Å². The third kappa shape index (κ3) is 6.22. The first-order valence-corrected chi connectivity index (χ1v) is 16.9. The Bertz CT molecular complexity index is 1920. The van der Waals surface area contributed by atoms with Crippen LogP contribution < -0.4 is 15.4 Å². The number of carbonyl (C=O) groups excluding carboxylic acids is 2. The molecule has 3 N–H and O–H groups in total. The zero-order valence-electron chi connectivity index (χ0n) is 26.3. The Labute approximate surface area is 281 Å². The highest BCUT2D eigenvalue weighted by Gasteiger charge is 2.35. The summed E-state index contributed by atoms with van der Waals surface area (Å²) in [5.74, 6) is 1.72. The first-order valence-electron chi connectivity index (χ1n) is 15.7. The van der Waals surface area contributed by atoms with Gasteiger partial charge >= 0.3 is 0 Å². The van der Waals surface area contributed by atoms with E-state index in [1.165, 1.54) is 17.0 Å². The molecular weight excluding hydrogens is 636 g/mol. The van der Waals surface area contributed by atoms with Gasteiger partial charge in [-0.15, -0.1) is 21.5 Å². The number of hydrogen-bond donors (Lipinski definition) is 3. The number of ether oxygens (including phenoxy) is 1. The number of aromatic nitrogens is 3. The fourth-order valence-electron chi connectivity index (χ4n) is 6.35. The number of benzene rings is 2. The van der Waals surface area contributed by atoms with Crippen LogP contribution in [-0.2, 0) is 16.0 Å². The van der Waals surface area contributed by atoms with Crippen LogP contribution in [-0.4, -0.2) is 56.1 Å². The number of nitrogens with zero attached hydrogens (tertiary/aromatic N) is 4. The highest BCUT2D eigenvalue weighted by Crippen LogP contribution is 2.39. The van der Waals surface area contributed by atoms with Crippen LogP contribution in [0, 0.1) is 20.8 Å². The maximum absolute atomic E-state index is 13.4. The largest absolute Gasteiger partial charge is 0.493 e. The van der Waals surface area contributed by atoms with Crippen LogP contribution in [0.15, 0.2) is 59.6 Å². The number of nitrogens with one attached hydrogen (secondary N) is 2. The van der Waals surface area contributed by atoms with Gasteiger partial charge in [-0.1, -0.05) is 35.9 Å². The standard InChI is InChI=1S/C35H35ClN6O4S/c1-18-19(2)47-35-32(18)33(22-6-8-24(36)9-7-22)39-27(34-41-40-20(3)42(34)35)17-31(45)38-26-15-25(16-26)37-30(44)11-10-28(43)23-5-4-21-12-13-46-29(21)14-23/h4-11,14,25-28,43H,12-13,15-17H2,1-3H3,(H,37,44)(H,38,45)/b11-10+/t25?,26?,27-,28?/m0/s1. The summed E-state index contributed by atoms with van der Waals surface area (Å²) in [4.78, 5) is 32.3. The van der Waals surface area contributed by atoms with Crippen molar-refractivity contribution in [1.82, 2.24) is 25.4 Å². The molecule has 1 fully saturated rings. The molecule has 0 bridgehead atoms. The van der Waals surface area contributed by atoms with Crippen LogP contribution in [0.5, 0.6) is 5.75 Å². The lowest BCUT2D eigenvalue weighted by atomic mass is 9.86. The molecule has 0 radical (unpaired) electrons. The Balaban J connectivity index is 0.993. The van der Waals surface area contributed by atoms with Gasteiger partial charge in [-0.05, 0) is 74.6 Å². The Hall–Kier alpha value is -4.32. The molecule has 4 heterocycles. The van der Waals surface area contributed by atoms with Crippen molar-refractivity contribution in [2.45, 2.75) is 70.7 Å². The highest BCUT2D eigenvalue weighted by molar-refractivity contribution is 7.15. The van der Waals surface area contributed by atoms with Crippen LogP contribution in [0.1, 0.15) is 75.8 Å². The van der Waals surface area contributed by atoms with Gasteiger partial charge in [0, 0.05) is 45.6 Å². The molecule has 242 valence electrons. The topological polar surface area (TPSA) is 131 Å². The third-order valence-corrected chi connectivity index (χ3v) is 10.5. The number of aliphatic imine (C=N–C) groups is 1. The van der Waals surface area contributed by atoms with E-state index in [0.717, 1.165) is 51.0 Å². The number of hydrogen-bond acceptors (Lipinski definition) is 8. The SMILES string of the molecule is Cc1sc2c(c1C)C(c1ccc(Cl)cc1)=N[C@@H](CC(=O)NC1CC(NC(=O)/C=C/C(O)c3ccc4c(c3)OCC4)C1)c1nnc(C)n1-2. The van der Waals surface area contributed by atoms with Crippen LogP contribution in [0.25, 0.3) is 5.00 Å². The fourth-order valence-corrected chi connectivity index (χ4v) is 7.69. The number of carbonyl (C=O) groups is 2. The van der Waals surface area contributed by atoms with Gasteiger partial charge in [0.25, 0.3) is 0 Å². The molecule has 1 saturated carbocycles. The van der Waals surface area contributed by atoms with E-state index in [9.17, 15) is 14.7 Å². The molecule has 12 heteroatoms. The number of amides is 2. The van der Waals surface area contributed by atoms with E-state index in [1.54, 1.807) is 11.3 Å². The number of aliphatic hydroxyl groups is 1. The molecule has 0 spiro atoms. The maximum Gasteiger partial charge on any atom is 0.243 e. The van der Waals surface area contributed by atoms with Gasteiger partial charge in [-0.25, -0.2) is 0 Å².